The molecule has 3 rings (SSSR count). The number of methoxy groups -OCH3 is 1. The second-order valence-electron chi connectivity index (χ2n) is 6.48. The molecule has 29 heavy (non-hydrogen) atoms. The van der Waals surface area contributed by atoms with E-state index in [1.165, 1.54) is 23.1 Å². The van der Waals surface area contributed by atoms with Gasteiger partial charge in [-0.3, -0.25) is 9.59 Å². The highest BCUT2D eigenvalue weighted by atomic mass is 19.1. The van der Waals surface area contributed by atoms with Gasteiger partial charge in [0.2, 0.25) is 11.8 Å². The number of carbonyl (C=O) groups excluding carboxylic acids is 2. The Bertz CT molecular complexity index is 942. The van der Waals surface area contributed by atoms with Crippen LogP contribution in [-0.2, 0) is 9.59 Å². The van der Waals surface area contributed by atoms with Crippen LogP contribution in [0, 0.1) is 5.82 Å². The molecule has 0 atom stereocenters. The van der Waals surface area contributed by atoms with Gasteiger partial charge in [-0.1, -0.05) is 6.07 Å². The number of nitrogens with zero attached hydrogens (tertiary/aromatic N) is 1. The molecule has 1 heterocycles. The van der Waals surface area contributed by atoms with E-state index in [0.29, 0.717) is 36.8 Å². The zero-order valence-corrected chi connectivity index (χ0v) is 16.4. The first-order valence-electron chi connectivity index (χ1n) is 9.41. The van der Waals surface area contributed by atoms with Crippen LogP contribution in [-0.4, -0.2) is 32.1 Å². The molecule has 2 aromatic rings. The van der Waals surface area contributed by atoms with Gasteiger partial charge in [0.1, 0.15) is 5.82 Å². The Morgan fingerprint density at radius 2 is 2.07 bits per heavy atom. The Morgan fingerprint density at radius 3 is 2.72 bits per heavy atom. The van der Waals surface area contributed by atoms with Gasteiger partial charge in [-0.25, -0.2) is 4.39 Å². The van der Waals surface area contributed by atoms with Crippen molar-refractivity contribution in [1.29, 1.82) is 0 Å². The minimum atomic E-state index is -0.543. The molecule has 0 saturated carbocycles. The standard InChI is InChI=1S/C22H23FN2O4/c1-3-29-20-13-15(6-10-19(20)28-2)7-11-21(26)24-16-8-9-18(17(23)14-16)25-12-4-5-22(25)27/h6-11,13-14H,3-5,12H2,1-2H3,(H,24,26)/b11-7+. The molecule has 6 nitrogen and oxygen atoms in total. The Balaban J connectivity index is 1.67. The Morgan fingerprint density at radius 1 is 1.24 bits per heavy atom. The lowest BCUT2D eigenvalue weighted by atomic mass is 10.2. The Hall–Kier alpha value is -3.35. The Kier molecular flexibility index (Phi) is 6.49. The van der Waals surface area contributed by atoms with Crippen LogP contribution in [0.25, 0.3) is 6.08 Å². The molecular formula is C22H23FN2O4. The fourth-order valence-electron chi connectivity index (χ4n) is 3.13. The highest BCUT2D eigenvalue weighted by Crippen LogP contribution is 2.29. The first-order valence-corrected chi connectivity index (χ1v) is 9.41. The Labute approximate surface area is 168 Å². The van der Waals surface area contributed by atoms with E-state index >= 15 is 0 Å². The number of amides is 2. The molecule has 2 amide bonds. The largest absolute Gasteiger partial charge is 0.493 e. The average Bonchev–Trinajstić information content (AvgIpc) is 3.12. The molecule has 152 valence electrons. The van der Waals surface area contributed by atoms with Crippen molar-refractivity contribution >= 4 is 29.3 Å². The fraction of sp³-hybridized carbons (Fsp3) is 0.273. The van der Waals surface area contributed by atoms with Gasteiger partial charge in [-0.05, 0) is 55.3 Å². The summed E-state index contributed by atoms with van der Waals surface area (Å²) >= 11 is 0. The third kappa shape index (κ3) is 4.93. The average molecular weight is 398 g/mol. The van der Waals surface area contributed by atoms with Crippen molar-refractivity contribution in [3.05, 3.63) is 53.9 Å². The molecule has 2 aromatic carbocycles. The van der Waals surface area contributed by atoms with Gasteiger partial charge in [0.25, 0.3) is 0 Å². The summed E-state index contributed by atoms with van der Waals surface area (Å²) in [6.07, 6.45) is 4.13. The van der Waals surface area contributed by atoms with Gasteiger partial charge in [0.15, 0.2) is 11.5 Å². The first kappa shape index (κ1) is 20.4. The van der Waals surface area contributed by atoms with Crippen LogP contribution < -0.4 is 19.7 Å². The zero-order chi connectivity index (χ0) is 20.8. The van der Waals surface area contributed by atoms with Crippen LogP contribution >= 0.6 is 0 Å². The summed E-state index contributed by atoms with van der Waals surface area (Å²) in [4.78, 5) is 25.4. The number of halogens is 1. The quantitative estimate of drug-likeness (QED) is 0.716. The number of anilines is 2. The van der Waals surface area contributed by atoms with Crippen molar-refractivity contribution in [2.75, 3.05) is 30.5 Å². The number of hydrogen-bond acceptors (Lipinski definition) is 4. The van der Waals surface area contributed by atoms with Gasteiger partial charge in [0, 0.05) is 24.7 Å². The van der Waals surface area contributed by atoms with E-state index in [9.17, 15) is 14.0 Å². The molecule has 1 aliphatic rings. The maximum atomic E-state index is 14.4. The topological polar surface area (TPSA) is 67.9 Å². The van der Waals surface area contributed by atoms with E-state index in [-0.39, 0.29) is 11.6 Å². The smallest absolute Gasteiger partial charge is 0.248 e. The highest BCUT2D eigenvalue weighted by Gasteiger charge is 2.24. The van der Waals surface area contributed by atoms with Gasteiger partial charge >= 0.3 is 0 Å². The van der Waals surface area contributed by atoms with Gasteiger partial charge in [0.05, 0.1) is 19.4 Å². The molecule has 0 unspecified atom stereocenters. The molecule has 1 N–H and O–H groups in total. The number of rotatable bonds is 7. The summed E-state index contributed by atoms with van der Waals surface area (Å²) in [7, 11) is 1.56. The van der Waals surface area contributed by atoms with Crippen LogP contribution in [0.4, 0.5) is 15.8 Å². The summed E-state index contributed by atoms with van der Waals surface area (Å²) in [5.41, 5.74) is 1.32. The van der Waals surface area contributed by atoms with Crippen molar-refractivity contribution < 1.29 is 23.5 Å². The summed E-state index contributed by atoms with van der Waals surface area (Å²) < 4.78 is 25.1. The minimum absolute atomic E-state index is 0.0884. The molecule has 0 bridgehead atoms. The van der Waals surface area contributed by atoms with E-state index in [0.717, 1.165) is 12.0 Å². The van der Waals surface area contributed by atoms with Crippen LogP contribution in [0.15, 0.2) is 42.5 Å². The predicted octanol–water partition coefficient (Wildman–Crippen LogP) is 4.01. The van der Waals surface area contributed by atoms with Crippen LogP contribution in [0.2, 0.25) is 0 Å². The number of nitrogens with one attached hydrogen (secondary N) is 1. The van der Waals surface area contributed by atoms with E-state index in [1.807, 2.05) is 6.92 Å². The molecule has 0 radical (unpaired) electrons. The molecule has 1 fully saturated rings. The SMILES string of the molecule is CCOc1cc(/C=C/C(=O)Nc2ccc(N3CCCC3=O)c(F)c2)ccc1OC. The summed E-state index contributed by atoms with van der Waals surface area (Å²) in [6.45, 7) is 2.88. The number of benzene rings is 2. The molecule has 0 aromatic heterocycles. The van der Waals surface area contributed by atoms with E-state index in [2.05, 4.69) is 5.32 Å². The molecule has 0 spiro atoms. The van der Waals surface area contributed by atoms with E-state index in [1.54, 1.807) is 37.5 Å². The number of ether oxygens (including phenoxy) is 2. The zero-order valence-electron chi connectivity index (χ0n) is 16.4. The van der Waals surface area contributed by atoms with E-state index < -0.39 is 11.7 Å². The maximum Gasteiger partial charge on any atom is 0.248 e. The molecule has 1 saturated heterocycles. The van der Waals surface area contributed by atoms with Crippen molar-refractivity contribution in [3.8, 4) is 11.5 Å². The van der Waals surface area contributed by atoms with Gasteiger partial charge in [-0.2, -0.15) is 0 Å². The third-order valence-corrected chi connectivity index (χ3v) is 4.49. The van der Waals surface area contributed by atoms with E-state index in [4.69, 9.17) is 9.47 Å². The van der Waals surface area contributed by atoms with Crippen molar-refractivity contribution in [2.24, 2.45) is 0 Å². The molecule has 1 aliphatic heterocycles. The molecule has 7 heteroatoms. The summed E-state index contributed by atoms with van der Waals surface area (Å²) in [5.74, 6) is 0.170. The second kappa shape index (κ2) is 9.23. The van der Waals surface area contributed by atoms with Crippen LogP contribution in [0.1, 0.15) is 25.3 Å². The lowest BCUT2D eigenvalue weighted by molar-refractivity contribution is -0.117. The maximum absolute atomic E-state index is 14.4. The number of hydrogen-bond donors (Lipinski definition) is 1. The minimum Gasteiger partial charge on any atom is -0.493 e. The van der Waals surface area contributed by atoms with Crippen molar-refractivity contribution in [3.63, 3.8) is 0 Å². The highest BCUT2D eigenvalue weighted by molar-refractivity contribution is 6.02. The normalized spacial score (nSPS) is 13.8. The first-order chi connectivity index (χ1) is 14.0. The summed E-state index contributed by atoms with van der Waals surface area (Å²) in [5, 5.41) is 2.62. The fourth-order valence-corrected chi connectivity index (χ4v) is 3.13. The summed E-state index contributed by atoms with van der Waals surface area (Å²) in [6, 6.07) is 9.63. The van der Waals surface area contributed by atoms with Crippen molar-refractivity contribution in [1.82, 2.24) is 0 Å². The monoisotopic (exact) mass is 398 g/mol. The number of carbonyl (C=O) groups is 2. The predicted molar refractivity (Wildman–Crippen MR) is 110 cm³/mol. The second-order valence-corrected chi connectivity index (χ2v) is 6.48. The van der Waals surface area contributed by atoms with Crippen molar-refractivity contribution in [2.45, 2.75) is 19.8 Å². The van der Waals surface area contributed by atoms with Crippen LogP contribution in [0.3, 0.4) is 0 Å². The van der Waals surface area contributed by atoms with Crippen LogP contribution in [0.5, 0.6) is 11.5 Å². The van der Waals surface area contributed by atoms with Gasteiger partial charge < -0.3 is 19.7 Å². The van der Waals surface area contributed by atoms with Gasteiger partial charge in [-0.15, -0.1) is 0 Å². The lowest BCUT2D eigenvalue weighted by Crippen LogP contribution is -2.24. The molecule has 0 aliphatic carbocycles. The lowest BCUT2D eigenvalue weighted by Gasteiger charge is -2.17. The third-order valence-electron chi connectivity index (χ3n) is 4.49. The molecular weight excluding hydrogens is 375 g/mol.